The summed E-state index contributed by atoms with van der Waals surface area (Å²) in [7, 11) is 0. The second-order valence-corrected chi connectivity index (χ2v) is 9.04. The Kier molecular flexibility index (Phi) is 9.08. The zero-order chi connectivity index (χ0) is 23.7. The molecule has 0 aromatic heterocycles. The summed E-state index contributed by atoms with van der Waals surface area (Å²) in [5, 5.41) is 8.35. The summed E-state index contributed by atoms with van der Waals surface area (Å²) in [6.45, 7) is 7.04. The minimum atomic E-state index is -0.661. The summed E-state index contributed by atoms with van der Waals surface area (Å²) in [6.07, 6.45) is 5.61. The highest BCUT2D eigenvalue weighted by Crippen LogP contribution is 2.33. The van der Waals surface area contributed by atoms with E-state index in [2.05, 4.69) is 20.9 Å². The van der Waals surface area contributed by atoms with Gasteiger partial charge < -0.3 is 25.4 Å². The number of hydrogen-bond donors (Lipinski definition) is 3. The number of carbonyl (C=O) groups excluding carboxylic acids is 3. The van der Waals surface area contributed by atoms with Crippen molar-refractivity contribution in [1.29, 1.82) is 0 Å². The molecule has 0 radical (unpaired) electrons. The molecule has 9 heteroatoms. The summed E-state index contributed by atoms with van der Waals surface area (Å²) >= 11 is 0. The molecular weight excluding hydrogens is 424 g/mol. The third kappa shape index (κ3) is 7.17. The lowest BCUT2D eigenvalue weighted by Crippen LogP contribution is -2.59. The topological polar surface area (TPSA) is 109 Å². The molecule has 3 amide bonds. The first-order valence-electron chi connectivity index (χ1n) is 11.8. The van der Waals surface area contributed by atoms with Crippen molar-refractivity contribution < 1.29 is 23.9 Å². The molecule has 0 spiro atoms. The third-order valence-corrected chi connectivity index (χ3v) is 6.23. The van der Waals surface area contributed by atoms with Crippen molar-refractivity contribution >= 4 is 23.6 Å². The van der Waals surface area contributed by atoms with Crippen LogP contribution in [0.5, 0.6) is 0 Å². The molecule has 1 heterocycles. The van der Waals surface area contributed by atoms with E-state index in [9.17, 15) is 14.4 Å². The maximum absolute atomic E-state index is 12.6. The van der Waals surface area contributed by atoms with E-state index in [-0.39, 0.29) is 29.7 Å². The van der Waals surface area contributed by atoms with E-state index < -0.39 is 12.0 Å². The van der Waals surface area contributed by atoms with Crippen LogP contribution in [0, 0.1) is 0 Å². The molecule has 1 saturated carbocycles. The van der Waals surface area contributed by atoms with Crippen LogP contribution in [-0.4, -0.2) is 73.8 Å². The Morgan fingerprint density at radius 1 is 1.09 bits per heavy atom. The molecule has 2 fully saturated rings. The van der Waals surface area contributed by atoms with Crippen LogP contribution in [0.3, 0.4) is 0 Å². The first kappa shape index (κ1) is 25.0. The molecule has 1 aromatic rings. The molecule has 0 unspecified atom stereocenters. The Morgan fingerprint density at radius 3 is 2.48 bits per heavy atom. The fourth-order valence-corrected chi connectivity index (χ4v) is 4.57. The van der Waals surface area contributed by atoms with Gasteiger partial charge in [-0.2, -0.15) is 0 Å². The number of hydrogen-bond acceptors (Lipinski definition) is 6. The normalized spacial score (nSPS) is 18.4. The first-order chi connectivity index (χ1) is 15.9. The number of nitrogens with one attached hydrogen (secondary N) is 3. The number of benzene rings is 1. The van der Waals surface area contributed by atoms with Crippen molar-refractivity contribution in [2.24, 2.45) is 0 Å². The van der Waals surface area contributed by atoms with Gasteiger partial charge in [0.2, 0.25) is 0 Å². The van der Waals surface area contributed by atoms with Gasteiger partial charge in [-0.25, -0.2) is 9.59 Å². The Balaban J connectivity index is 1.53. The van der Waals surface area contributed by atoms with Gasteiger partial charge in [0.1, 0.15) is 0 Å². The van der Waals surface area contributed by atoms with Crippen LogP contribution >= 0.6 is 0 Å². The summed E-state index contributed by atoms with van der Waals surface area (Å²) < 4.78 is 10.8. The molecule has 9 nitrogen and oxygen atoms in total. The number of ether oxygens (including phenoxy) is 2. The molecule has 33 heavy (non-hydrogen) atoms. The Bertz CT molecular complexity index is 817. The number of carbonyl (C=O) groups is 3. The lowest BCUT2D eigenvalue weighted by molar-refractivity contribution is -0.125. The van der Waals surface area contributed by atoms with Crippen LogP contribution in [0.1, 0.15) is 56.3 Å². The fraction of sp³-hybridized carbons (Fsp3) is 0.625. The van der Waals surface area contributed by atoms with Crippen molar-refractivity contribution in [3.8, 4) is 0 Å². The molecule has 1 aromatic carbocycles. The van der Waals surface area contributed by atoms with E-state index in [1.165, 1.54) is 6.42 Å². The number of rotatable bonds is 8. The number of anilines is 1. The average molecular weight is 461 g/mol. The van der Waals surface area contributed by atoms with Crippen LogP contribution in [-0.2, 0) is 14.3 Å². The zero-order valence-corrected chi connectivity index (χ0v) is 19.7. The van der Waals surface area contributed by atoms with Gasteiger partial charge in [0.05, 0.1) is 24.5 Å². The lowest BCUT2D eigenvalue weighted by Gasteiger charge is -2.48. The monoisotopic (exact) mass is 460 g/mol. The van der Waals surface area contributed by atoms with Gasteiger partial charge in [0, 0.05) is 31.2 Å². The van der Waals surface area contributed by atoms with Crippen LogP contribution in [0.15, 0.2) is 24.3 Å². The zero-order valence-electron chi connectivity index (χ0n) is 19.7. The standard InChI is InChI=1S/C24H36N4O5/c1-18(2)26-23(31)27-20-9-5-4-8-19(20)22(30)33-16-21(29)25-17-24(10-6-3-7-11-24)28-12-14-32-15-13-28/h4-5,8-9,18H,3,6-7,10-17H2,1-2H3,(H,25,29)(H2,26,27,31). The smallest absolute Gasteiger partial charge is 0.340 e. The SMILES string of the molecule is CC(C)NC(=O)Nc1ccccc1C(=O)OCC(=O)NCC1(N2CCOCC2)CCCCC1. The number of urea groups is 1. The van der Waals surface area contributed by atoms with Crippen LogP contribution in [0.2, 0.25) is 0 Å². The number of nitrogens with zero attached hydrogens (tertiary/aromatic N) is 1. The molecule has 3 rings (SSSR count). The maximum Gasteiger partial charge on any atom is 0.340 e. The van der Waals surface area contributed by atoms with Gasteiger partial charge in [-0.3, -0.25) is 9.69 Å². The molecule has 1 aliphatic heterocycles. The number of para-hydroxylation sites is 1. The molecule has 2 aliphatic rings. The number of esters is 1. The number of amides is 3. The summed E-state index contributed by atoms with van der Waals surface area (Å²) in [5.74, 6) is -0.990. The summed E-state index contributed by atoms with van der Waals surface area (Å²) in [4.78, 5) is 39.6. The summed E-state index contributed by atoms with van der Waals surface area (Å²) in [6, 6.07) is 6.11. The van der Waals surface area contributed by atoms with Crippen LogP contribution in [0.4, 0.5) is 10.5 Å². The van der Waals surface area contributed by atoms with Gasteiger partial charge in [0.25, 0.3) is 5.91 Å². The molecule has 0 atom stereocenters. The molecule has 3 N–H and O–H groups in total. The predicted molar refractivity (Wildman–Crippen MR) is 125 cm³/mol. The van der Waals surface area contributed by atoms with E-state index >= 15 is 0 Å². The average Bonchev–Trinajstić information content (AvgIpc) is 2.82. The van der Waals surface area contributed by atoms with Gasteiger partial charge in [-0.05, 0) is 38.8 Å². The van der Waals surface area contributed by atoms with Crippen molar-refractivity contribution in [1.82, 2.24) is 15.5 Å². The maximum atomic E-state index is 12.6. The van der Waals surface area contributed by atoms with Gasteiger partial charge in [0.15, 0.2) is 6.61 Å². The minimum absolute atomic E-state index is 0.0438. The van der Waals surface area contributed by atoms with E-state index in [0.29, 0.717) is 12.2 Å². The molecular formula is C24H36N4O5. The Hall–Kier alpha value is -2.65. The largest absolute Gasteiger partial charge is 0.452 e. The first-order valence-corrected chi connectivity index (χ1v) is 11.8. The highest BCUT2D eigenvalue weighted by Gasteiger charge is 2.38. The second kappa shape index (κ2) is 12.0. The van der Waals surface area contributed by atoms with Gasteiger partial charge >= 0.3 is 12.0 Å². The molecule has 1 saturated heterocycles. The molecule has 1 aliphatic carbocycles. The van der Waals surface area contributed by atoms with Crippen LogP contribution < -0.4 is 16.0 Å². The van der Waals surface area contributed by atoms with Crippen molar-refractivity contribution in [2.45, 2.75) is 57.5 Å². The molecule has 182 valence electrons. The van der Waals surface area contributed by atoms with Gasteiger partial charge in [-0.1, -0.05) is 31.4 Å². The van der Waals surface area contributed by atoms with Gasteiger partial charge in [-0.15, -0.1) is 0 Å². The summed E-state index contributed by atoms with van der Waals surface area (Å²) in [5.41, 5.74) is 0.470. The highest BCUT2D eigenvalue weighted by molar-refractivity contribution is 6.01. The van der Waals surface area contributed by atoms with E-state index in [1.807, 2.05) is 13.8 Å². The van der Waals surface area contributed by atoms with E-state index in [1.54, 1.807) is 24.3 Å². The van der Waals surface area contributed by atoms with Crippen molar-refractivity contribution in [2.75, 3.05) is 44.8 Å². The second-order valence-electron chi connectivity index (χ2n) is 9.04. The third-order valence-electron chi connectivity index (χ3n) is 6.23. The fourth-order valence-electron chi connectivity index (χ4n) is 4.57. The Labute approximate surface area is 195 Å². The van der Waals surface area contributed by atoms with E-state index in [0.717, 1.165) is 52.0 Å². The predicted octanol–water partition coefficient (Wildman–Crippen LogP) is 2.52. The molecule has 0 bridgehead atoms. The lowest BCUT2D eigenvalue weighted by atomic mass is 9.79. The van der Waals surface area contributed by atoms with Crippen molar-refractivity contribution in [3.63, 3.8) is 0 Å². The Morgan fingerprint density at radius 2 is 1.79 bits per heavy atom. The minimum Gasteiger partial charge on any atom is -0.452 e. The van der Waals surface area contributed by atoms with Crippen molar-refractivity contribution in [3.05, 3.63) is 29.8 Å². The van der Waals surface area contributed by atoms with Crippen LogP contribution in [0.25, 0.3) is 0 Å². The quantitative estimate of drug-likeness (QED) is 0.515. The number of morpholine rings is 1. The van der Waals surface area contributed by atoms with E-state index in [4.69, 9.17) is 9.47 Å². The highest BCUT2D eigenvalue weighted by atomic mass is 16.5.